The first-order valence-electron chi connectivity index (χ1n) is 5.30. The van der Waals surface area contributed by atoms with Gasteiger partial charge in [-0.3, -0.25) is 0 Å². The van der Waals surface area contributed by atoms with Crippen LogP contribution in [0.25, 0.3) is 22.3 Å². The Hall–Kier alpha value is -2.36. The molecule has 0 saturated heterocycles. The molecule has 0 amide bonds. The molecule has 0 aliphatic heterocycles. The van der Waals surface area contributed by atoms with Crippen molar-refractivity contribution < 1.29 is 4.74 Å². The van der Waals surface area contributed by atoms with Crippen LogP contribution < -0.4 is 4.74 Å². The number of methoxy groups -OCH3 is 1. The zero-order valence-corrected chi connectivity index (χ0v) is 9.34. The van der Waals surface area contributed by atoms with Gasteiger partial charge in [-0.25, -0.2) is 9.97 Å². The first-order chi connectivity index (χ1) is 8.36. The van der Waals surface area contributed by atoms with Gasteiger partial charge in [0.2, 0.25) is 0 Å². The quantitative estimate of drug-likeness (QED) is 0.729. The fraction of sp³-hybridized carbons (Fsp3) is 0.0769. The van der Waals surface area contributed by atoms with Crippen molar-refractivity contribution >= 4 is 11.0 Å². The summed E-state index contributed by atoms with van der Waals surface area (Å²) in [5.74, 6) is 0.852. The number of nitrogens with zero attached hydrogens (tertiary/aromatic N) is 2. The lowest BCUT2D eigenvalue weighted by Gasteiger charge is -2.00. The Morgan fingerprint density at radius 2 is 2.00 bits per heavy atom. The van der Waals surface area contributed by atoms with Gasteiger partial charge in [0.05, 0.1) is 24.3 Å². The SMILES string of the molecule is COc1ccc(-c2cc3ncncc3[nH]2)cc1. The fourth-order valence-electron chi connectivity index (χ4n) is 1.79. The average molecular weight is 225 g/mol. The van der Waals surface area contributed by atoms with Crippen molar-refractivity contribution in [2.45, 2.75) is 0 Å². The summed E-state index contributed by atoms with van der Waals surface area (Å²) in [4.78, 5) is 11.5. The second-order valence-electron chi connectivity index (χ2n) is 3.73. The Morgan fingerprint density at radius 3 is 2.71 bits per heavy atom. The molecule has 1 aromatic carbocycles. The highest BCUT2D eigenvalue weighted by Gasteiger charge is 2.03. The average Bonchev–Trinajstić information content (AvgIpc) is 2.82. The van der Waals surface area contributed by atoms with Crippen molar-refractivity contribution in [1.82, 2.24) is 15.0 Å². The summed E-state index contributed by atoms with van der Waals surface area (Å²) in [5.41, 5.74) is 4.00. The Balaban J connectivity index is 2.07. The van der Waals surface area contributed by atoms with Gasteiger partial charge in [0.15, 0.2) is 0 Å². The van der Waals surface area contributed by atoms with Crippen LogP contribution in [0, 0.1) is 0 Å². The molecule has 0 bridgehead atoms. The highest BCUT2D eigenvalue weighted by Crippen LogP contribution is 2.24. The molecule has 0 fully saturated rings. The van der Waals surface area contributed by atoms with E-state index in [1.165, 1.54) is 0 Å². The zero-order valence-electron chi connectivity index (χ0n) is 9.34. The number of nitrogens with one attached hydrogen (secondary N) is 1. The number of hydrogen-bond acceptors (Lipinski definition) is 3. The van der Waals surface area contributed by atoms with E-state index >= 15 is 0 Å². The van der Waals surface area contributed by atoms with Gasteiger partial charge in [-0.05, 0) is 35.9 Å². The highest BCUT2D eigenvalue weighted by atomic mass is 16.5. The highest BCUT2D eigenvalue weighted by molar-refractivity contribution is 5.81. The van der Waals surface area contributed by atoms with Crippen molar-refractivity contribution in [3.8, 4) is 17.0 Å². The van der Waals surface area contributed by atoms with Crippen LogP contribution in [-0.4, -0.2) is 22.1 Å². The Kier molecular flexibility index (Phi) is 2.26. The standard InChI is InChI=1S/C13H11N3O/c1-17-10-4-2-9(3-5-10)11-6-12-13(16-11)7-14-8-15-12/h2-8,16H,1H3. The molecule has 17 heavy (non-hydrogen) atoms. The van der Waals surface area contributed by atoms with Gasteiger partial charge in [0.25, 0.3) is 0 Å². The molecular weight excluding hydrogens is 214 g/mol. The minimum absolute atomic E-state index is 0.852. The van der Waals surface area contributed by atoms with Gasteiger partial charge in [-0.2, -0.15) is 0 Å². The lowest BCUT2D eigenvalue weighted by Crippen LogP contribution is -1.82. The molecule has 0 atom stereocenters. The Bertz CT molecular complexity index is 610. The second-order valence-corrected chi connectivity index (χ2v) is 3.73. The largest absolute Gasteiger partial charge is 0.497 e. The molecule has 4 nitrogen and oxygen atoms in total. The number of fused-ring (bicyclic) bond motifs is 1. The van der Waals surface area contributed by atoms with E-state index in [1.54, 1.807) is 19.6 Å². The minimum Gasteiger partial charge on any atom is -0.497 e. The molecule has 0 unspecified atom stereocenters. The topological polar surface area (TPSA) is 50.8 Å². The Morgan fingerprint density at radius 1 is 1.18 bits per heavy atom. The number of ether oxygens (including phenoxy) is 1. The molecule has 0 spiro atoms. The number of aromatic nitrogens is 3. The predicted octanol–water partition coefficient (Wildman–Crippen LogP) is 2.63. The summed E-state index contributed by atoms with van der Waals surface area (Å²) in [7, 11) is 1.66. The molecule has 2 aromatic heterocycles. The molecule has 4 heteroatoms. The van der Waals surface area contributed by atoms with Crippen LogP contribution in [0.3, 0.4) is 0 Å². The third-order valence-corrected chi connectivity index (χ3v) is 2.69. The van der Waals surface area contributed by atoms with Gasteiger partial charge in [0.1, 0.15) is 12.1 Å². The van der Waals surface area contributed by atoms with Crippen molar-refractivity contribution in [1.29, 1.82) is 0 Å². The van der Waals surface area contributed by atoms with Crippen LogP contribution in [-0.2, 0) is 0 Å². The summed E-state index contributed by atoms with van der Waals surface area (Å²) in [6.07, 6.45) is 3.32. The van der Waals surface area contributed by atoms with Crippen LogP contribution >= 0.6 is 0 Å². The maximum Gasteiger partial charge on any atom is 0.118 e. The summed E-state index contributed by atoms with van der Waals surface area (Å²) in [5, 5.41) is 0. The van der Waals surface area contributed by atoms with Gasteiger partial charge in [-0.15, -0.1) is 0 Å². The van der Waals surface area contributed by atoms with Crippen LogP contribution in [0.15, 0.2) is 42.9 Å². The van der Waals surface area contributed by atoms with Gasteiger partial charge < -0.3 is 9.72 Å². The van der Waals surface area contributed by atoms with Crippen LogP contribution in [0.5, 0.6) is 5.75 Å². The lowest BCUT2D eigenvalue weighted by atomic mass is 10.1. The van der Waals surface area contributed by atoms with Gasteiger partial charge >= 0.3 is 0 Å². The zero-order chi connectivity index (χ0) is 11.7. The third-order valence-electron chi connectivity index (χ3n) is 2.69. The van der Waals surface area contributed by atoms with E-state index in [1.807, 2.05) is 30.3 Å². The molecule has 0 aliphatic rings. The predicted molar refractivity (Wildman–Crippen MR) is 65.9 cm³/mol. The number of benzene rings is 1. The fourth-order valence-corrected chi connectivity index (χ4v) is 1.79. The molecule has 0 radical (unpaired) electrons. The maximum absolute atomic E-state index is 5.13. The number of rotatable bonds is 2. The van der Waals surface area contributed by atoms with Crippen molar-refractivity contribution in [2.75, 3.05) is 7.11 Å². The number of H-pyrrole nitrogens is 1. The molecule has 0 saturated carbocycles. The minimum atomic E-state index is 0.852. The first-order valence-corrected chi connectivity index (χ1v) is 5.30. The van der Waals surface area contributed by atoms with E-state index in [4.69, 9.17) is 4.74 Å². The summed E-state index contributed by atoms with van der Waals surface area (Å²) >= 11 is 0. The van der Waals surface area contributed by atoms with Crippen molar-refractivity contribution in [3.63, 3.8) is 0 Å². The van der Waals surface area contributed by atoms with Crippen LogP contribution in [0.1, 0.15) is 0 Å². The number of hydrogen-bond donors (Lipinski definition) is 1. The van der Waals surface area contributed by atoms with E-state index in [0.29, 0.717) is 0 Å². The smallest absolute Gasteiger partial charge is 0.118 e. The molecule has 1 N–H and O–H groups in total. The van der Waals surface area contributed by atoms with E-state index in [-0.39, 0.29) is 0 Å². The van der Waals surface area contributed by atoms with Gasteiger partial charge in [0, 0.05) is 5.69 Å². The molecule has 84 valence electrons. The molecule has 3 aromatic rings. The van der Waals surface area contributed by atoms with E-state index in [9.17, 15) is 0 Å². The second kappa shape index (κ2) is 3.90. The number of aromatic amines is 1. The summed E-state index contributed by atoms with van der Waals surface area (Å²) in [6, 6.07) is 9.91. The van der Waals surface area contributed by atoms with Crippen LogP contribution in [0.2, 0.25) is 0 Å². The van der Waals surface area contributed by atoms with Crippen molar-refractivity contribution in [2.24, 2.45) is 0 Å². The maximum atomic E-state index is 5.13. The third kappa shape index (κ3) is 1.73. The molecule has 0 aliphatic carbocycles. The van der Waals surface area contributed by atoms with E-state index in [0.717, 1.165) is 28.0 Å². The molecular formula is C13H11N3O. The molecule has 2 heterocycles. The monoisotopic (exact) mass is 225 g/mol. The van der Waals surface area contributed by atoms with Crippen LogP contribution in [0.4, 0.5) is 0 Å². The van der Waals surface area contributed by atoms with E-state index in [2.05, 4.69) is 15.0 Å². The van der Waals surface area contributed by atoms with Gasteiger partial charge in [-0.1, -0.05) is 0 Å². The first kappa shape index (κ1) is 9.84. The molecule has 3 rings (SSSR count). The van der Waals surface area contributed by atoms with Crippen molar-refractivity contribution in [3.05, 3.63) is 42.9 Å². The summed E-state index contributed by atoms with van der Waals surface area (Å²) < 4.78 is 5.13. The Labute approximate surface area is 98.3 Å². The van der Waals surface area contributed by atoms with E-state index < -0.39 is 0 Å². The lowest BCUT2D eigenvalue weighted by molar-refractivity contribution is 0.415. The normalized spacial score (nSPS) is 10.6. The summed E-state index contributed by atoms with van der Waals surface area (Å²) in [6.45, 7) is 0.